The second kappa shape index (κ2) is 8.43. The molecule has 1 amide bonds. The van der Waals surface area contributed by atoms with Gasteiger partial charge in [-0.25, -0.2) is 14.4 Å². The van der Waals surface area contributed by atoms with Gasteiger partial charge in [0.1, 0.15) is 5.57 Å². The summed E-state index contributed by atoms with van der Waals surface area (Å²) >= 11 is 0. The molecule has 1 heterocycles. The lowest BCUT2D eigenvalue weighted by atomic mass is 10.1. The molecule has 9 heteroatoms. The molecule has 154 valence electrons. The molecular formula is C18H31NO7Si. The van der Waals surface area contributed by atoms with E-state index in [9.17, 15) is 14.4 Å². The van der Waals surface area contributed by atoms with Gasteiger partial charge in [-0.2, -0.15) is 0 Å². The van der Waals surface area contributed by atoms with Crippen molar-refractivity contribution in [3.8, 4) is 0 Å². The van der Waals surface area contributed by atoms with Crippen LogP contribution < -0.4 is 5.32 Å². The summed E-state index contributed by atoms with van der Waals surface area (Å²) in [5.74, 6) is -2.94. The molecule has 1 fully saturated rings. The number of nitrogens with one attached hydrogen (secondary N) is 1. The van der Waals surface area contributed by atoms with Gasteiger partial charge in [-0.15, -0.1) is 0 Å². The smallest absolute Gasteiger partial charge is 0.407 e. The largest absolute Gasteiger partial charge is 0.450 e. The highest BCUT2D eigenvalue weighted by Gasteiger charge is 2.40. The molecule has 0 aliphatic carbocycles. The summed E-state index contributed by atoms with van der Waals surface area (Å²) in [7, 11) is -2.11. The Morgan fingerprint density at radius 1 is 1.22 bits per heavy atom. The lowest BCUT2D eigenvalue weighted by Crippen LogP contribution is -2.47. The fourth-order valence-electron chi connectivity index (χ4n) is 1.97. The Kier molecular flexibility index (Phi) is 7.23. The van der Waals surface area contributed by atoms with E-state index in [1.165, 1.54) is 19.9 Å². The highest BCUT2D eigenvalue weighted by Crippen LogP contribution is 2.36. The van der Waals surface area contributed by atoms with Gasteiger partial charge in [-0.05, 0) is 31.1 Å². The first-order chi connectivity index (χ1) is 12.2. The molecule has 1 aliphatic rings. The number of hydrogen-bond donors (Lipinski definition) is 1. The minimum atomic E-state index is -2.11. The third-order valence-corrected chi connectivity index (χ3v) is 8.99. The van der Waals surface area contributed by atoms with E-state index in [0.717, 1.165) is 0 Å². The Bertz CT molecular complexity index is 598. The van der Waals surface area contributed by atoms with E-state index >= 15 is 0 Å². The Morgan fingerprint density at radius 3 is 2.19 bits per heavy atom. The standard InChI is InChI=1S/C18H31NO7Si/c1-9-23-16(22)19-12(11-24-27(7,8)17(2,3)4)10-13-14(20)25-18(5,6)26-15(13)21/h10,12H,9,11H2,1-8H3,(H,19,22)/t12-/m1/s1. The molecule has 1 saturated heterocycles. The topological polar surface area (TPSA) is 100 Å². The summed E-state index contributed by atoms with van der Waals surface area (Å²) in [6.07, 6.45) is 0.625. The van der Waals surface area contributed by atoms with Crippen LogP contribution in [0.2, 0.25) is 18.1 Å². The van der Waals surface area contributed by atoms with E-state index < -0.39 is 38.2 Å². The second-order valence-electron chi connectivity index (χ2n) is 8.30. The predicted molar refractivity (Wildman–Crippen MR) is 101 cm³/mol. The fourth-order valence-corrected chi connectivity index (χ4v) is 3.00. The summed E-state index contributed by atoms with van der Waals surface area (Å²) in [5.41, 5.74) is -0.282. The van der Waals surface area contributed by atoms with Crippen LogP contribution in [-0.2, 0) is 28.2 Å². The van der Waals surface area contributed by atoms with Crippen molar-refractivity contribution in [2.24, 2.45) is 0 Å². The van der Waals surface area contributed by atoms with Crippen molar-refractivity contribution in [3.63, 3.8) is 0 Å². The zero-order chi connectivity index (χ0) is 21.0. The molecular weight excluding hydrogens is 370 g/mol. The SMILES string of the molecule is CCOC(=O)N[C@H](C=C1C(=O)OC(C)(C)OC1=O)CO[Si](C)(C)C(C)(C)C. The minimum Gasteiger partial charge on any atom is -0.450 e. The molecule has 0 aromatic heterocycles. The maximum absolute atomic E-state index is 12.2. The molecule has 1 aliphatic heterocycles. The van der Waals surface area contributed by atoms with Gasteiger partial charge in [-0.3, -0.25) is 0 Å². The lowest BCUT2D eigenvalue weighted by Gasteiger charge is -2.37. The third-order valence-electron chi connectivity index (χ3n) is 4.49. The number of carbonyl (C=O) groups is 3. The van der Waals surface area contributed by atoms with Crippen LogP contribution in [0.5, 0.6) is 0 Å². The van der Waals surface area contributed by atoms with Crippen molar-refractivity contribution in [1.82, 2.24) is 5.32 Å². The van der Waals surface area contributed by atoms with Gasteiger partial charge in [0.15, 0.2) is 8.32 Å². The number of alkyl carbamates (subject to hydrolysis) is 1. The zero-order valence-electron chi connectivity index (χ0n) is 17.4. The molecule has 0 radical (unpaired) electrons. The van der Waals surface area contributed by atoms with Crippen molar-refractivity contribution in [2.75, 3.05) is 13.2 Å². The minimum absolute atomic E-state index is 0.0403. The maximum atomic E-state index is 12.2. The molecule has 1 rings (SSSR count). The van der Waals surface area contributed by atoms with Crippen LogP contribution in [0.15, 0.2) is 11.6 Å². The Balaban J connectivity index is 3.03. The van der Waals surface area contributed by atoms with Crippen LogP contribution in [-0.4, -0.2) is 51.4 Å². The van der Waals surface area contributed by atoms with Gasteiger partial charge in [0.25, 0.3) is 5.79 Å². The van der Waals surface area contributed by atoms with Crippen molar-refractivity contribution in [3.05, 3.63) is 11.6 Å². The van der Waals surface area contributed by atoms with Crippen molar-refractivity contribution < 1.29 is 33.0 Å². The monoisotopic (exact) mass is 401 g/mol. The Hall–Kier alpha value is -1.87. The summed E-state index contributed by atoms with van der Waals surface area (Å²) in [5, 5.41) is 2.55. The quantitative estimate of drug-likeness (QED) is 0.316. The van der Waals surface area contributed by atoms with E-state index in [1.807, 2.05) is 0 Å². The van der Waals surface area contributed by atoms with Crippen molar-refractivity contribution >= 4 is 26.3 Å². The van der Waals surface area contributed by atoms with E-state index in [1.54, 1.807) is 6.92 Å². The van der Waals surface area contributed by atoms with Gasteiger partial charge in [0, 0.05) is 13.8 Å². The zero-order valence-corrected chi connectivity index (χ0v) is 18.4. The summed E-state index contributed by atoms with van der Waals surface area (Å²) < 4.78 is 21.2. The first-order valence-corrected chi connectivity index (χ1v) is 11.8. The lowest BCUT2D eigenvalue weighted by molar-refractivity contribution is -0.222. The number of amides is 1. The number of esters is 2. The van der Waals surface area contributed by atoms with Crippen LogP contribution in [0.25, 0.3) is 0 Å². The van der Waals surface area contributed by atoms with Crippen LogP contribution in [0.4, 0.5) is 4.79 Å². The van der Waals surface area contributed by atoms with Gasteiger partial charge in [0.2, 0.25) is 0 Å². The predicted octanol–water partition coefficient (Wildman–Crippen LogP) is 2.89. The van der Waals surface area contributed by atoms with E-state index in [2.05, 4.69) is 39.2 Å². The van der Waals surface area contributed by atoms with Crippen molar-refractivity contribution in [2.45, 2.75) is 71.5 Å². The fraction of sp³-hybridized carbons (Fsp3) is 0.722. The number of rotatable bonds is 6. The maximum Gasteiger partial charge on any atom is 0.407 e. The molecule has 0 unspecified atom stereocenters. The van der Waals surface area contributed by atoms with E-state index in [-0.39, 0.29) is 23.8 Å². The molecule has 0 spiro atoms. The average Bonchev–Trinajstić information content (AvgIpc) is 2.46. The molecule has 0 aromatic rings. The molecule has 0 saturated carbocycles. The van der Waals surface area contributed by atoms with Crippen LogP contribution in [0.1, 0.15) is 41.5 Å². The highest BCUT2D eigenvalue weighted by molar-refractivity contribution is 6.74. The number of carbonyl (C=O) groups excluding carboxylic acids is 3. The Morgan fingerprint density at radius 2 is 1.74 bits per heavy atom. The van der Waals surface area contributed by atoms with E-state index in [0.29, 0.717) is 0 Å². The van der Waals surface area contributed by atoms with Gasteiger partial charge >= 0.3 is 18.0 Å². The number of hydrogen-bond acceptors (Lipinski definition) is 7. The second-order valence-corrected chi connectivity index (χ2v) is 13.1. The van der Waals surface area contributed by atoms with Crippen LogP contribution in [0, 0.1) is 0 Å². The van der Waals surface area contributed by atoms with Gasteiger partial charge in [-0.1, -0.05) is 20.8 Å². The number of cyclic esters (lactones) is 2. The molecule has 1 N–H and O–H groups in total. The normalized spacial score (nSPS) is 18.3. The molecule has 1 atom stereocenters. The first kappa shape index (κ1) is 23.2. The molecule has 0 aromatic carbocycles. The molecule has 8 nitrogen and oxygen atoms in total. The average molecular weight is 402 g/mol. The number of ether oxygens (including phenoxy) is 3. The Labute approximate surface area is 161 Å². The molecule has 27 heavy (non-hydrogen) atoms. The van der Waals surface area contributed by atoms with Gasteiger partial charge < -0.3 is 24.0 Å². The highest BCUT2D eigenvalue weighted by atomic mass is 28.4. The summed E-state index contributed by atoms with van der Waals surface area (Å²) in [6.45, 7) is 15.3. The summed E-state index contributed by atoms with van der Waals surface area (Å²) in [4.78, 5) is 36.2. The summed E-state index contributed by atoms with van der Waals surface area (Å²) in [6, 6.07) is -0.755. The van der Waals surface area contributed by atoms with E-state index in [4.69, 9.17) is 18.6 Å². The molecule has 0 bridgehead atoms. The third kappa shape index (κ3) is 6.66. The van der Waals surface area contributed by atoms with Gasteiger partial charge in [0.05, 0.1) is 19.3 Å². The van der Waals surface area contributed by atoms with Crippen LogP contribution in [0.3, 0.4) is 0 Å². The van der Waals surface area contributed by atoms with Crippen molar-refractivity contribution in [1.29, 1.82) is 0 Å². The van der Waals surface area contributed by atoms with Crippen LogP contribution >= 0.6 is 0 Å². The first-order valence-electron chi connectivity index (χ1n) is 8.94.